The molecule has 0 aliphatic rings. The van der Waals surface area contributed by atoms with Crippen LogP contribution in [0, 0.1) is 0 Å². The quantitative estimate of drug-likeness (QED) is 0.413. The van der Waals surface area contributed by atoms with Crippen molar-refractivity contribution in [2.75, 3.05) is 11.4 Å². The summed E-state index contributed by atoms with van der Waals surface area (Å²) in [4.78, 5) is 36.4. The summed E-state index contributed by atoms with van der Waals surface area (Å²) in [5.41, 5.74) is 1.42. The Bertz CT molecular complexity index is 1300. The van der Waals surface area contributed by atoms with E-state index in [4.69, 9.17) is 23.2 Å². The van der Waals surface area contributed by atoms with Crippen molar-refractivity contribution in [2.45, 2.75) is 13.3 Å². The number of benzene rings is 1. The third-order valence-corrected chi connectivity index (χ3v) is 5.88. The Kier molecular flexibility index (Phi) is 5.85. The largest absolute Gasteiger partial charge is 0.284 e. The first kappa shape index (κ1) is 20.5. The van der Waals surface area contributed by atoms with E-state index >= 15 is 0 Å². The lowest BCUT2D eigenvalue weighted by Crippen LogP contribution is -2.36. The number of pyridine rings is 1. The number of hydrogen-bond donors (Lipinski definition) is 0. The first-order valence-electron chi connectivity index (χ1n) is 9.19. The van der Waals surface area contributed by atoms with E-state index in [1.54, 1.807) is 42.6 Å². The monoisotopic (exact) mass is 458 g/mol. The molecule has 0 saturated carbocycles. The molecule has 0 N–H and O–H groups in total. The Morgan fingerprint density at radius 1 is 1.23 bits per heavy atom. The van der Waals surface area contributed by atoms with Gasteiger partial charge in [-0.3, -0.25) is 18.9 Å². The average molecular weight is 459 g/mol. The highest BCUT2D eigenvalue weighted by molar-refractivity contribution is 7.14. The van der Waals surface area contributed by atoms with Gasteiger partial charge in [0.25, 0.3) is 11.5 Å². The van der Waals surface area contributed by atoms with Gasteiger partial charge in [0.05, 0.1) is 10.7 Å². The summed E-state index contributed by atoms with van der Waals surface area (Å²) in [5.74, 6) is -0.435. The molecular formula is C21H16Cl2N4O2S. The molecule has 0 saturated heterocycles. The molecule has 6 nitrogen and oxygen atoms in total. The van der Waals surface area contributed by atoms with E-state index in [0.717, 1.165) is 5.56 Å². The van der Waals surface area contributed by atoms with Crippen LogP contribution in [-0.4, -0.2) is 26.8 Å². The number of anilines is 1. The Balaban J connectivity index is 1.73. The number of thiazole rings is 1. The van der Waals surface area contributed by atoms with E-state index in [1.807, 2.05) is 12.3 Å². The van der Waals surface area contributed by atoms with E-state index < -0.39 is 11.5 Å². The number of aromatic nitrogens is 3. The van der Waals surface area contributed by atoms with Gasteiger partial charge < -0.3 is 0 Å². The summed E-state index contributed by atoms with van der Waals surface area (Å²) in [5, 5.41) is 3.32. The predicted octanol–water partition coefficient (Wildman–Crippen LogP) is 5.18. The summed E-state index contributed by atoms with van der Waals surface area (Å²) >= 11 is 13.6. The zero-order valence-electron chi connectivity index (χ0n) is 15.9. The summed E-state index contributed by atoms with van der Waals surface area (Å²) in [6.45, 7) is 2.37. The first-order valence-corrected chi connectivity index (χ1v) is 10.8. The molecule has 152 valence electrons. The van der Waals surface area contributed by atoms with Gasteiger partial charge in [-0.05, 0) is 36.8 Å². The van der Waals surface area contributed by atoms with E-state index in [9.17, 15) is 9.59 Å². The normalized spacial score (nSPS) is 11.0. The van der Waals surface area contributed by atoms with Crippen LogP contribution in [0.5, 0.6) is 0 Å². The summed E-state index contributed by atoms with van der Waals surface area (Å²) in [7, 11) is 0. The molecule has 4 aromatic rings. The lowest BCUT2D eigenvalue weighted by atomic mass is 10.2. The van der Waals surface area contributed by atoms with Crippen LogP contribution in [0.3, 0.4) is 0 Å². The summed E-state index contributed by atoms with van der Waals surface area (Å²) in [6.07, 6.45) is 3.62. The number of rotatable bonds is 5. The molecule has 0 aliphatic carbocycles. The minimum Gasteiger partial charge on any atom is -0.284 e. The van der Waals surface area contributed by atoms with Crippen LogP contribution in [0.1, 0.15) is 23.7 Å². The van der Waals surface area contributed by atoms with Crippen LogP contribution in [0.4, 0.5) is 5.13 Å². The molecule has 0 unspecified atom stereocenters. The zero-order valence-corrected chi connectivity index (χ0v) is 18.2. The van der Waals surface area contributed by atoms with Gasteiger partial charge in [0.1, 0.15) is 11.2 Å². The highest BCUT2D eigenvalue weighted by Gasteiger charge is 2.24. The third-order valence-electron chi connectivity index (χ3n) is 4.47. The van der Waals surface area contributed by atoms with Gasteiger partial charge >= 0.3 is 0 Å². The van der Waals surface area contributed by atoms with Crippen molar-refractivity contribution < 1.29 is 4.79 Å². The molecule has 0 radical (unpaired) electrons. The molecule has 30 heavy (non-hydrogen) atoms. The fraction of sp³-hybridized carbons (Fsp3) is 0.143. The SMILES string of the molecule is CCCN(C(=O)c1cnc2ccccn2c1=O)c1nc(-c2ccc(Cl)cc2Cl)cs1. The highest BCUT2D eigenvalue weighted by Crippen LogP contribution is 2.33. The molecule has 0 fully saturated rings. The second-order valence-electron chi connectivity index (χ2n) is 6.50. The molecule has 4 rings (SSSR count). The lowest BCUT2D eigenvalue weighted by molar-refractivity contribution is 0.0985. The smallest absolute Gasteiger partial charge is 0.270 e. The van der Waals surface area contributed by atoms with Crippen LogP contribution >= 0.6 is 34.5 Å². The molecule has 1 amide bonds. The number of nitrogens with zero attached hydrogens (tertiary/aromatic N) is 4. The molecule has 3 aromatic heterocycles. The maximum atomic E-state index is 13.3. The number of carbonyl (C=O) groups is 1. The number of halogens is 2. The first-order chi connectivity index (χ1) is 14.5. The minimum absolute atomic E-state index is 0.00609. The van der Waals surface area contributed by atoms with Gasteiger partial charge in [0.2, 0.25) is 0 Å². The number of carbonyl (C=O) groups excluding carboxylic acids is 1. The second kappa shape index (κ2) is 8.55. The fourth-order valence-corrected chi connectivity index (χ4v) is 4.39. The van der Waals surface area contributed by atoms with Crippen LogP contribution in [-0.2, 0) is 0 Å². The van der Waals surface area contributed by atoms with E-state index in [2.05, 4.69) is 9.97 Å². The van der Waals surface area contributed by atoms with E-state index in [1.165, 1.54) is 26.8 Å². The maximum absolute atomic E-state index is 13.3. The standard InChI is InChI=1S/C21H16Cl2N4O2S/c1-2-8-27(20(29)15-11-24-18-5-3-4-9-26(18)19(15)28)21-25-17(12-30-21)14-7-6-13(22)10-16(14)23/h3-7,9-12H,2,8H2,1H3. The highest BCUT2D eigenvalue weighted by atomic mass is 35.5. The number of hydrogen-bond acceptors (Lipinski definition) is 5. The van der Waals surface area contributed by atoms with Crippen molar-refractivity contribution in [1.29, 1.82) is 0 Å². The lowest BCUT2D eigenvalue weighted by Gasteiger charge is -2.18. The van der Waals surface area contributed by atoms with Crippen LogP contribution in [0.15, 0.2) is 59.0 Å². The molecule has 3 heterocycles. The van der Waals surface area contributed by atoms with E-state index in [0.29, 0.717) is 39.5 Å². The van der Waals surface area contributed by atoms with Crippen molar-refractivity contribution >= 4 is 51.2 Å². The Morgan fingerprint density at radius 2 is 2.07 bits per heavy atom. The average Bonchev–Trinajstić information content (AvgIpc) is 3.21. The maximum Gasteiger partial charge on any atom is 0.270 e. The van der Waals surface area contributed by atoms with Crippen molar-refractivity contribution in [3.05, 3.63) is 80.1 Å². The molecule has 0 bridgehead atoms. The molecule has 0 aliphatic heterocycles. The molecule has 9 heteroatoms. The van der Waals surface area contributed by atoms with Gasteiger partial charge in [0.15, 0.2) is 5.13 Å². The summed E-state index contributed by atoms with van der Waals surface area (Å²) in [6, 6.07) is 10.4. The van der Waals surface area contributed by atoms with Gasteiger partial charge in [-0.25, -0.2) is 9.97 Å². The molecule has 1 aromatic carbocycles. The van der Waals surface area contributed by atoms with Crippen molar-refractivity contribution in [3.8, 4) is 11.3 Å². The predicted molar refractivity (Wildman–Crippen MR) is 121 cm³/mol. The van der Waals surface area contributed by atoms with Crippen LogP contribution in [0.2, 0.25) is 10.0 Å². The van der Waals surface area contributed by atoms with E-state index in [-0.39, 0.29) is 5.56 Å². The third kappa shape index (κ3) is 3.84. The van der Waals surface area contributed by atoms with Gasteiger partial charge in [-0.1, -0.05) is 36.2 Å². The van der Waals surface area contributed by atoms with Crippen LogP contribution < -0.4 is 10.5 Å². The Hall–Kier alpha value is -2.74. The molecular weight excluding hydrogens is 443 g/mol. The second-order valence-corrected chi connectivity index (χ2v) is 8.18. The number of amides is 1. The van der Waals surface area contributed by atoms with Crippen molar-refractivity contribution in [1.82, 2.24) is 14.4 Å². The molecule has 0 spiro atoms. The van der Waals surface area contributed by atoms with Gasteiger partial charge in [0, 0.05) is 34.9 Å². The van der Waals surface area contributed by atoms with Crippen molar-refractivity contribution in [3.63, 3.8) is 0 Å². The number of fused-ring (bicyclic) bond motifs is 1. The minimum atomic E-state index is -0.435. The molecule has 0 atom stereocenters. The van der Waals surface area contributed by atoms with Gasteiger partial charge in [-0.15, -0.1) is 11.3 Å². The fourth-order valence-electron chi connectivity index (χ4n) is 3.04. The zero-order chi connectivity index (χ0) is 21.3. The summed E-state index contributed by atoms with van der Waals surface area (Å²) < 4.78 is 1.36. The van der Waals surface area contributed by atoms with Crippen LogP contribution in [0.25, 0.3) is 16.9 Å². The Labute approximate surface area is 186 Å². The topological polar surface area (TPSA) is 67.6 Å². The van der Waals surface area contributed by atoms with Crippen molar-refractivity contribution in [2.24, 2.45) is 0 Å². The Morgan fingerprint density at radius 3 is 2.83 bits per heavy atom. The van der Waals surface area contributed by atoms with Gasteiger partial charge in [-0.2, -0.15) is 0 Å².